The topological polar surface area (TPSA) is 40.5 Å². The predicted molar refractivity (Wildman–Crippen MR) is 58.3 cm³/mol. The molecule has 2 fully saturated rings. The van der Waals surface area contributed by atoms with Crippen molar-refractivity contribution in [2.75, 3.05) is 13.2 Å². The van der Waals surface area contributed by atoms with Gasteiger partial charge >= 0.3 is 0 Å². The molecule has 0 unspecified atom stereocenters. The summed E-state index contributed by atoms with van der Waals surface area (Å²) in [5, 5.41) is 9.50. The molecule has 0 spiro atoms. The van der Waals surface area contributed by atoms with Gasteiger partial charge in [-0.3, -0.25) is 4.79 Å². The van der Waals surface area contributed by atoms with Gasteiger partial charge < -0.3 is 10.0 Å². The van der Waals surface area contributed by atoms with E-state index >= 15 is 0 Å². The molecule has 0 bridgehead atoms. The molecule has 1 aliphatic heterocycles. The largest absolute Gasteiger partial charge is 0.396 e. The smallest absolute Gasteiger partial charge is 0.249 e. The van der Waals surface area contributed by atoms with Crippen molar-refractivity contribution in [2.24, 2.45) is 5.41 Å². The van der Waals surface area contributed by atoms with E-state index in [2.05, 4.69) is 6.58 Å². The summed E-state index contributed by atoms with van der Waals surface area (Å²) < 4.78 is 0. The third-order valence-corrected chi connectivity index (χ3v) is 4.03. The number of fused-ring (bicyclic) bond motifs is 1. The predicted octanol–water partition coefficient (Wildman–Crippen LogP) is 1.33. The lowest BCUT2D eigenvalue weighted by molar-refractivity contribution is -0.128. The first-order valence-electron chi connectivity index (χ1n) is 5.68. The van der Waals surface area contributed by atoms with Gasteiger partial charge in [-0.2, -0.15) is 0 Å². The summed E-state index contributed by atoms with van der Waals surface area (Å²) in [7, 11) is 0. The van der Waals surface area contributed by atoms with Gasteiger partial charge in [0.1, 0.15) is 0 Å². The molecule has 0 aromatic heterocycles. The quantitative estimate of drug-likeness (QED) is 0.697. The summed E-state index contributed by atoms with van der Waals surface area (Å²) in [5.74, 6) is 0.0669. The van der Waals surface area contributed by atoms with Gasteiger partial charge in [0.15, 0.2) is 0 Å². The number of rotatable bonds is 2. The summed E-state index contributed by atoms with van der Waals surface area (Å²) in [4.78, 5) is 13.8. The van der Waals surface area contributed by atoms with Gasteiger partial charge in [0.05, 0.1) is 6.61 Å². The van der Waals surface area contributed by atoms with Crippen molar-refractivity contribution in [2.45, 2.75) is 38.6 Å². The Balaban J connectivity index is 2.18. The molecule has 1 saturated carbocycles. The molecule has 84 valence electrons. The van der Waals surface area contributed by atoms with E-state index < -0.39 is 0 Å². The SMILES string of the molecule is C=C(C)C(=O)N1CC[C@@]2(CO)CCC[C@@H]12. The first-order chi connectivity index (χ1) is 7.10. The van der Waals surface area contributed by atoms with E-state index in [9.17, 15) is 9.90 Å². The molecule has 0 radical (unpaired) electrons. The molecular formula is C12H19NO2. The molecule has 1 amide bonds. The zero-order chi connectivity index (χ0) is 11.1. The molecule has 0 aromatic rings. The fourth-order valence-corrected chi connectivity index (χ4v) is 3.15. The number of amides is 1. The van der Waals surface area contributed by atoms with Crippen LogP contribution in [0.25, 0.3) is 0 Å². The van der Waals surface area contributed by atoms with Gasteiger partial charge in [0, 0.05) is 23.6 Å². The van der Waals surface area contributed by atoms with E-state index in [1.165, 1.54) is 0 Å². The fraction of sp³-hybridized carbons (Fsp3) is 0.750. The molecule has 2 rings (SSSR count). The van der Waals surface area contributed by atoms with Crippen LogP contribution in [0.1, 0.15) is 32.6 Å². The summed E-state index contributed by atoms with van der Waals surface area (Å²) in [6.45, 7) is 6.48. The molecule has 15 heavy (non-hydrogen) atoms. The van der Waals surface area contributed by atoms with Crippen LogP contribution < -0.4 is 0 Å². The van der Waals surface area contributed by atoms with E-state index in [4.69, 9.17) is 0 Å². The maximum absolute atomic E-state index is 11.9. The Hall–Kier alpha value is -0.830. The second-order valence-electron chi connectivity index (χ2n) is 4.96. The highest BCUT2D eigenvalue weighted by molar-refractivity contribution is 5.92. The normalized spacial score (nSPS) is 34.3. The zero-order valence-electron chi connectivity index (χ0n) is 9.33. The summed E-state index contributed by atoms with van der Waals surface area (Å²) >= 11 is 0. The second-order valence-corrected chi connectivity index (χ2v) is 4.96. The van der Waals surface area contributed by atoms with Crippen molar-refractivity contribution in [1.29, 1.82) is 0 Å². The number of carbonyl (C=O) groups is 1. The first kappa shape index (κ1) is 10.7. The number of aliphatic hydroxyl groups is 1. The lowest BCUT2D eigenvalue weighted by Crippen LogP contribution is -2.41. The maximum atomic E-state index is 11.9. The molecule has 3 heteroatoms. The Bertz CT molecular complexity index is 300. The highest BCUT2D eigenvalue weighted by atomic mass is 16.3. The lowest BCUT2D eigenvalue weighted by atomic mass is 9.83. The Morgan fingerprint density at radius 3 is 2.93 bits per heavy atom. The maximum Gasteiger partial charge on any atom is 0.249 e. The van der Waals surface area contributed by atoms with Crippen LogP contribution in [0.5, 0.6) is 0 Å². The first-order valence-corrected chi connectivity index (χ1v) is 5.68. The van der Waals surface area contributed by atoms with Crippen LogP contribution >= 0.6 is 0 Å². The van der Waals surface area contributed by atoms with E-state index in [0.29, 0.717) is 5.57 Å². The van der Waals surface area contributed by atoms with Gasteiger partial charge in [0.25, 0.3) is 0 Å². The minimum atomic E-state index is 0.00507. The second kappa shape index (κ2) is 3.63. The molecule has 1 N–H and O–H groups in total. The molecular weight excluding hydrogens is 190 g/mol. The Morgan fingerprint density at radius 1 is 1.60 bits per heavy atom. The van der Waals surface area contributed by atoms with Gasteiger partial charge in [-0.1, -0.05) is 13.0 Å². The Morgan fingerprint density at radius 2 is 2.33 bits per heavy atom. The van der Waals surface area contributed by atoms with Crippen LogP contribution in [0, 0.1) is 5.41 Å². The number of likely N-dealkylation sites (tertiary alicyclic amines) is 1. The van der Waals surface area contributed by atoms with Crippen molar-refractivity contribution in [1.82, 2.24) is 4.90 Å². The summed E-state index contributed by atoms with van der Waals surface area (Å²) in [5.41, 5.74) is 0.612. The summed E-state index contributed by atoms with van der Waals surface area (Å²) in [6.07, 6.45) is 4.19. The van der Waals surface area contributed by atoms with Crippen molar-refractivity contribution in [3.8, 4) is 0 Å². The van der Waals surface area contributed by atoms with E-state index in [1.807, 2.05) is 4.90 Å². The molecule has 2 atom stereocenters. The Kier molecular flexibility index (Phi) is 2.59. The standard InChI is InChI=1S/C12H19NO2/c1-9(2)11(15)13-7-6-12(8-14)5-3-4-10(12)13/h10,14H,1,3-8H2,2H3/t10-,12-/m1/s1. The van der Waals surface area contributed by atoms with Crippen molar-refractivity contribution >= 4 is 5.91 Å². The van der Waals surface area contributed by atoms with Crippen LogP contribution in [0.15, 0.2) is 12.2 Å². The van der Waals surface area contributed by atoms with E-state index in [-0.39, 0.29) is 24.0 Å². The molecule has 3 nitrogen and oxygen atoms in total. The van der Waals surface area contributed by atoms with Gasteiger partial charge in [-0.15, -0.1) is 0 Å². The molecule has 1 aliphatic carbocycles. The van der Waals surface area contributed by atoms with E-state index in [0.717, 1.165) is 32.2 Å². The number of aliphatic hydroxyl groups excluding tert-OH is 1. The zero-order valence-corrected chi connectivity index (χ0v) is 9.33. The van der Waals surface area contributed by atoms with Crippen LogP contribution in [-0.4, -0.2) is 35.1 Å². The lowest BCUT2D eigenvalue weighted by Gasteiger charge is -2.30. The number of hydrogen-bond donors (Lipinski definition) is 1. The third-order valence-electron chi connectivity index (χ3n) is 4.03. The van der Waals surface area contributed by atoms with Gasteiger partial charge in [0.2, 0.25) is 5.91 Å². The molecule has 1 saturated heterocycles. The number of carbonyl (C=O) groups excluding carboxylic acids is 1. The van der Waals surface area contributed by atoms with E-state index in [1.54, 1.807) is 6.92 Å². The van der Waals surface area contributed by atoms with Crippen molar-refractivity contribution in [3.05, 3.63) is 12.2 Å². The van der Waals surface area contributed by atoms with Gasteiger partial charge in [-0.05, 0) is 26.2 Å². The average molecular weight is 209 g/mol. The molecule has 2 aliphatic rings. The van der Waals surface area contributed by atoms with Crippen LogP contribution in [-0.2, 0) is 4.79 Å². The van der Waals surface area contributed by atoms with Gasteiger partial charge in [-0.25, -0.2) is 0 Å². The molecule has 0 aromatic carbocycles. The van der Waals surface area contributed by atoms with Crippen LogP contribution in [0.4, 0.5) is 0 Å². The highest BCUT2D eigenvalue weighted by Gasteiger charge is 2.51. The number of nitrogens with zero attached hydrogens (tertiary/aromatic N) is 1. The third kappa shape index (κ3) is 1.49. The van der Waals surface area contributed by atoms with Crippen LogP contribution in [0.2, 0.25) is 0 Å². The fourth-order valence-electron chi connectivity index (χ4n) is 3.15. The average Bonchev–Trinajstić information content (AvgIpc) is 2.74. The minimum absolute atomic E-state index is 0.00507. The summed E-state index contributed by atoms with van der Waals surface area (Å²) in [6, 6.07) is 0.256. The van der Waals surface area contributed by atoms with Crippen molar-refractivity contribution in [3.63, 3.8) is 0 Å². The Labute approximate surface area is 90.8 Å². The molecule has 1 heterocycles. The number of hydrogen-bond acceptors (Lipinski definition) is 2. The minimum Gasteiger partial charge on any atom is -0.396 e. The highest BCUT2D eigenvalue weighted by Crippen LogP contribution is 2.48. The van der Waals surface area contributed by atoms with Crippen molar-refractivity contribution < 1.29 is 9.90 Å². The monoisotopic (exact) mass is 209 g/mol. The van der Waals surface area contributed by atoms with Crippen LogP contribution in [0.3, 0.4) is 0 Å².